The molecule has 2 rings (SSSR count). The van der Waals surface area contributed by atoms with Crippen LogP contribution in [0.1, 0.15) is 56.0 Å². The Hall–Kier alpha value is -1.31. The van der Waals surface area contributed by atoms with E-state index < -0.39 is 0 Å². The predicted molar refractivity (Wildman–Crippen MR) is 79.3 cm³/mol. The van der Waals surface area contributed by atoms with Crippen LogP contribution < -0.4 is 0 Å². The monoisotopic (exact) mass is 259 g/mol. The molecule has 0 spiro atoms. The summed E-state index contributed by atoms with van der Waals surface area (Å²) in [7, 11) is 0. The van der Waals surface area contributed by atoms with Gasteiger partial charge in [-0.1, -0.05) is 38.5 Å². The first-order chi connectivity index (χ1) is 9.13. The van der Waals surface area contributed by atoms with Crippen LogP contribution >= 0.6 is 0 Å². The highest BCUT2D eigenvalue weighted by atomic mass is 16.2. The zero-order valence-electron chi connectivity index (χ0n) is 12.4. The van der Waals surface area contributed by atoms with E-state index in [9.17, 15) is 4.79 Å². The normalized spacial score (nSPS) is 23.4. The lowest BCUT2D eigenvalue weighted by molar-refractivity contribution is 0.0573. The molecule has 2 heteroatoms. The van der Waals surface area contributed by atoms with Crippen molar-refractivity contribution in [1.82, 2.24) is 4.90 Å². The van der Waals surface area contributed by atoms with Crippen molar-refractivity contribution in [1.29, 1.82) is 0 Å². The summed E-state index contributed by atoms with van der Waals surface area (Å²) in [6.07, 6.45) is 4.43. The Labute approximate surface area is 116 Å². The first-order valence-corrected chi connectivity index (χ1v) is 7.52. The third kappa shape index (κ3) is 3.17. The van der Waals surface area contributed by atoms with Crippen LogP contribution in [0.3, 0.4) is 0 Å². The number of hydrogen-bond acceptors (Lipinski definition) is 1. The maximum Gasteiger partial charge on any atom is 0.254 e. The number of rotatable bonds is 3. The maximum atomic E-state index is 12.8. The molecule has 2 nitrogen and oxygen atoms in total. The SMILES string of the molecule is CCCc1ccccc1C(=O)N1C[C@H](C)CC[C@H]1C. The van der Waals surface area contributed by atoms with E-state index in [4.69, 9.17) is 0 Å². The van der Waals surface area contributed by atoms with Crippen LogP contribution in [0, 0.1) is 5.92 Å². The van der Waals surface area contributed by atoms with Crippen LogP contribution in [-0.4, -0.2) is 23.4 Å². The lowest BCUT2D eigenvalue weighted by atomic mass is 9.93. The van der Waals surface area contributed by atoms with Crippen molar-refractivity contribution in [2.45, 2.75) is 52.5 Å². The fraction of sp³-hybridized carbons (Fsp3) is 0.588. The Morgan fingerprint density at radius 2 is 2.00 bits per heavy atom. The number of aryl methyl sites for hydroxylation is 1. The van der Waals surface area contributed by atoms with E-state index in [-0.39, 0.29) is 5.91 Å². The van der Waals surface area contributed by atoms with Gasteiger partial charge in [-0.15, -0.1) is 0 Å². The molecule has 2 atom stereocenters. The molecule has 0 saturated carbocycles. The number of carbonyl (C=O) groups excluding carboxylic acids is 1. The van der Waals surface area contributed by atoms with Crippen molar-refractivity contribution >= 4 is 5.91 Å². The van der Waals surface area contributed by atoms with E-state index in [1.54, 1.807) is 0 Å². The minimum atomic E-state index is 0.225. The van der Waals surface area contributed by atoms with Gasteiger partial charge < -0.3 is 4.90 Å². The molecule has 0 N–H and O–H groups in total. The molecule has 1 heterocycles. The molecule has 1 aliphatic heterocycles. The van der Waals surface area contributed by atoms with Gasteiger partial charge in [0.15, 0.2) is 0 Å². The van der Waals surface area contributed by atoms with Gasteiger partial charge >= 0.3 is 0 Å². The molecule has 1 aromatic carbocycles. The second-order valence-electron chi connectivity index (χ2n) is 5.90. The standard InChI is InChI=1S/C17H25NO/c1-4-7-15-8-5-6-9-16(15)17(19)18-12-13(2)10-11-14(18)3/h5-6,8-9,13-14H,4,7,10-12H2,1-3H3/t13-,14-/m1/s1. The first-order valence-electron chi connectivity index (χ1n) is 7.52. The Kier molecular flexibility index (Phi) is 4.62. The van der Waals surface area contributed by atoms with Crippen LogP contribution in [0.5, 0.6) is 0 Å². The molecule has 0 radical (unpaired) electrons. The Balaban J connectivity index is 2.23. The zero-order chi connectivity index (χ0) is 13.8. The van der Waals surface area contributed by atoms with Gasteiger partial charge in [0, 0.05) is 18.2 Å². The van der Waals surface area contributed by atoms with Crippen molar-refractivity contribution in [2.24, 2.45) is 5.92 Å². The second-order valence-corrected chi connectivity index (χ2v) is 5.90. The maximum absolute atomic E-state index is 12.8. The Bertz CT molecular complexity index is 441. The average molecular weight is 259 g/mol. The van der Waals surface area contributed by atoms with Crippen LogP contribution in [0.4, 0.5) is 0 Å². The summed E-state index contributed by atoms with van der Waals surface area (Å²) in [4.78, 5) is 14.8. The molecule has 0 bridgehead atoms. The van der Waals surface area contributed by atoms with E-state index in [1.807, 2.05) is 18.2 Å². The van der Waals surface area contributed by atoms with Gasteiger partial charge in [0.05, 0.1) is 0 Å². The van der Waals surface area contributed by atoms with E-state index >= 15 is 0 Å². The topological polar surface area (TPSA) is 20.3 Å². The van der Waals surface area contributed by atoms with Crippen LogP contribution in [0.2, 0.25) is 0 Å². The summed E-state index contributed by atoms with van der Waals surface area (Å²) >= 11 is 0. The molecule has 0 aromatic heterocycles. The third-order valence-electron chi connectivity index (χ3n) is 4.15. The molecule has 104 valence electrons. The van der Waals surface area contributed by atoms with Crippen molar-refractivity contribution < 1.29 is 4.79 Å². The summed E-state index contributed by atoms with van der Waals surface area (Å²) < 4.78 is 0. The van der Waals surface area contributed by atoms with E-state index in [2.05, 4.69) is 31.7 Å². The molecule has 1 fully saturated rings. The number of piperidine rings is 1. The second kappa shape index (κ2) is 6.23. The van der Waals surface area contributed by atoms with Crippen LogP contribution in [0.15, 0.2) is 24.3 Å². The van der Waals surface area contributed by atoms with Crippen LogP contribution in [-0.2, 0) is 6.42 Å². The van der Waals surface area contributed by atoms with Gasteiger partial charge in [-0.25, -0.2) is 0 Å². The molecule has 1 amide bonds. The quantitative estimate of drug-likeness (QED) is 0.806. The van der Waals surface area contributed by atoms with Gasteiger partial charge in [0.2, 0.25) is 0 Å². The van der Waals surface area contributed by atoms with Gasteiger partial charge in [0.1, 0.15) is 0 Å². The summed E-state index contributed by atoms with van der Waals surface area (Å²) in [5.74, 6) is 0.849. The van der Waals surface area contributed by atoms with Gasteiger partial charge in [0.25, 0.3) is 5.91 Å². The van der Waals surface area contributed by atoms with E-state index in [1.165, 1.54) is 12.0 Å². The minimum absolute atomic E-state index is 0.225. The number of likely N-dealkylation sites (tertiary alicyclic amines) is 1. The zero-order valence-corrected chi connectivity index (χ0v) is 12.4. The molecule has 1 saturated heterocycles. The van der Waals surface area contributed by atoms with Gasteiger partial charge in [-0.3, -0.25) is 4.79 Å². The molecule has 19 heavy (non-hydrogen) atoms. The minimum Gasteiger partial charge on any atom is -0.336 e. The highest BCUT2D eigenvalue weighted by Gasteiger charge is 2.28. The Morgan fingerprint density at radius 3 is 2.74 bits per heavy atom. The largest absolute Gasteiger partial charge is 0.336 e. The molecule has 1 aromatic rings. The van der Waals surface area contributed by atoms with Gasteiger partial charge in [-0.2, -0.15) is 0 Å². The fourth-order valence-corrected chi connectivity index (χ4v) is 2.94. The Morgan fingerprint density at radius 1 is 1.26 bits per heavy atom. The predicted octanol–water partition coefficient (Wildman–Crippen LogP) is 3.90. The smallest absolute Gasteiger partial charge is 0.254 e. The molecule has 0 aliphatic carbocycles. The summed E-state index contributed by atoms with van der Waals surface area (Å²) in [5, 5.41) is 0. The lowest BCUT2D eigenvalue weighted by Crippen LogP contribution is -2.45. The van der Waals surface area contributed by atoms with Crippen LogP contribution in [0.25, 0.3) is 0 Å². The summed E-state index contributed by atoms with van der Waals surface area (Å²) in [5.41, 5.74) is 2.10. The number of benzene rings is 1. The number of hydrogen-bond donors (Lipinski definition) is 0. The van der Waals surface area contributed by atoms with E-state index in [0.717, 1.165) is 31.4 Å². The molecule has 0 unspecified atom stereocenters. The lowest BCUT2D eigenvalue weighted by Gasteiger charge is -2.37. The number of nitrogens with zero attached hydrogens (tertiary/aromatic N) is 1. The van der Waals surface area contributed by atoms with Crippen molar-refractivity contribution in [2.75, 3.05) is 6.54 Å². The molecule has 1 aliphatic rings. The fourth-order valence-electron chi connectivity index (χ4n) is 2.94. The first kappa shape index (κ1) is 14.1. The number of carbonyl (C=O) groups is 1. The van der Waals surface area contributed by atoms with Gasteiger partial charge in [-0.05, 0) is 43.7 Å². The average Bonchev–Trinajstić information content (AvgIpc) is 2.42. The third-order valence-corrected chi connectivity index (χ3v) is 4.15. The van der Waals surface area contributed by atoms with E-state index in [0.29, 0.717) is 12.0 Å². The van der Waals surface area contributed by atoms with Crippen molar-refractivity contribution in [3.63, 3.8) is 0 Å². The number of amides is 1. The summed E-state index contributed by atoms with van der Waals surface area (Å²) in [6, 6.07) is 8.46. The molecular weight excluding hydrogens is 234 g/mol. The highest BCUT2D eigenvalue weighted by Crippen LogP contribution is 2.24. The molecular formula is C17H25NO. The van der Waals surface area contributed by atoms with Crippen molar-refractivity contribution in [3.8, 4) is 0 Å². The summed E-state index contributed by atoms with van der Waals surface area (Å²) in [6.45, 7) is 7.48. The van der Waals surface area contributed by atoms with Crippen molar-refractivity contribution in [3.05, 3.63) is 35.4 Å². The highest BCUT2D eigenvalue weighted by molar-refractivity contribution is 5.96.